The summed E-state index contributed by atoms with van der Waals surface area (Å²) in [4.78, 5) is 12.5. The highest BCUT2D eigenvalue weighted by molar-refractivity contribution is 5.69. The highest BCUT2D eigenvalue weighted by Gasteiger charge is 2.44. The second-order valence-electron chi connectivity index (χ2n) is 4.14. The van der Waals surface area contributed by atoms with Gasteiger partial charge in [-0.05, 0) is 26.3 Å². The number of ether oxygens (including phenoxy) is 1. The SMILES string of the molecule is CCOC(=O)CCN1CCCCC1C(F)(F)F. The van der Waals surface area contributed by atoms with Crippen molar-refractivity contribution in [3.05, 3.63) is 0 Å². The lowest BCUT2D eigenvalue weighted by atomic mass is 10.0. The number of carbonyl (C=O) groups is 1. The van der Waals surface area contributed by atoms with E-state index < -0.39 is 18.2 Å². The number of piperidine rings is 1. The maximum Gasteiger partial charge on any atom is 0.404 e. The zero-order valence-electron chi connectivity index (χ0n) is 9.92. The molecule has 1 unspecified atom stereocenters. The van der Waals surface area contributed by atoms with Gasteiger partial charge < -0.3 is 4.74 Å². The van der Waals surface area contributed by atoms with Gasteiger partial charge in [-0.1, -0.05) is 6.42 Å². The van der Waals surface area contributed by atoms with E-state index >= 15 is 0 Å². The molecule has 1 atom stereocenters. The molecular weight excluding hydrogens is 235 g/mol. The van der Waals surface area contributed by atoms with E-state index in [1.165, 1.54) is 4.90 Å². The Morgan fingerprint density at radius 1 is 1.41 bits per heavy atom. The van der Waals surface area contributed by atoms with E-state index in [2.05, 4.69) is 0 Å². The Labute approximate surface area is 98.9 Å². The molecule has 1 rings (SSSR count). The number of alkyl halides is 3. The zero-order chi connectivity index (χ0) is 12.9. The van der Waals surface area contributed by atoms with Gasteiger partial charge in [0.25, 0.3) is 0 Å². The summed E-state index contributed by atoms with van der Waals surface area (Å²) in [7, 11) is 0. The van der Waals surface area contributed by atoms with Gasteiger partial charge in [-0.3, -0.25) is 9.69 Å². The molecule has 0 aromatic heterocycles. The van der Waals surface area contributed by atoms with Crippen LogP contribution in [0.3, 0.4) is 0 Å². The molecule has 17 heavy (non-hydrogen) atoms. The highest BCUT2D eigenvalue weighted by Crippen LogP contribution is 2.31. The van der Waals surface area contributed by atoms with Gasteiger partial charge in [0.2, 0.25) is 0 Å². The minimum atomic E-state index is -4.20. The van der Waals surface area contributed by atoms with Crippen molar-refractivity contribution >= 4 is 5.97 Å². The van der Waals surface area contributed by atoms with Gasteiger partial charge in [0, 0.05) is 6.54 Å². The molecule has 1 aliphatic rings. The zero-order valence-corrected chi connectivity index (χ0v) is 9.92. The van der Waals surface area contributed by atoms with Crippen LogP contribution in [0.4, 0.5) is 13.2 Å². The van der Waals surface area contributed by atoms with Gasteiger partial charge in [0.05, 0.1) is 13.0 Å². The van der Waals surface area contributed by atoms with Gasteiger partial charge in [0.15, 0.2) is 0 Å². The molecule has 0 saturated carbocycles. The van der Waals surface area contributed by atoms with Crippen LogP contribution < -0.4 is 0 Å². The first-order valence-corrected chi connectivity index (χ1v) is 5.91. The molecule has 1 fully saturated rings. The molecule has 0 aromatic rings. The molecule has 0 radical (unpaired) electrons. The number of esters is 1. The van der Waals surface area contributed by atoms with Crippen molar-refractivity contribution in [1.29, 1.82) is 0 Å². The third-order valence-corrected chi connectivity index (χ3v) is 2.90. The number of halogens is 3. The maximum atomic E-state index is 12.7. The smallest absolute Gasteiger partial charge is 0.404 e. The summed E-state index contributed by atoms with van der Waals surface area (Å²) < 4.78 is 42.8. The van der Waals surface area contributed by atoms with Crippen LogP contribution in [0.15, 0.2) is 0 Å². The Morgan fingerprint density at radius 3 is 2.71 bits per heavy atom. The predicted octanol–water partition coefficient (Wildman–Crippen LogP) is 2.36. The molecule has 0 amide bonds. The third kappa shape index (κ3) is 4.53. The largest absolute Gasteiger partial charge is 0.466 e. The lowest BCUT2D eigenvalue weighted by Crippen LogP contribution is -2.49. The fourth-order valence-corrected chi connectivity index (χ4v) is 2.10. The van der Waals surface area contributed by atoms with E-state index in [1.54, 1.807) is 6.92 Å². The predicted molar refractivity (Wildman–Crippen MR) is 56.5 cm³/mol. The molecule has 100 valence electrons. The Morgan fingerprint density at radius 2 is 2.12 bits per heavy atom. The first-order valence-electron chi connectivity index (χ1n) is 5.91. The molecule has 0 aliphatic carbocycles. The number of hydrogen-bond acceptors (Lipinski definition) is 3. The summed E-state index contributed by atoms with van der Waals surface area (Å²) in [6.45, 7) is 2.48. The quantitative estimate of drug-likeness (QED) is 0.720. The van der Waals surface area contributed by atoms with Crippen molar-refractivity contribution < 1.29 is 22.7 Å². The highest BCUT2D eigenvalue weighted by atomic mass is 19.4. The Kier molecular flexibility index (Phi) is 5.24. The van der Waals surface area contributed by atoms with Crippen LogP contribution in [0, 0.1) is 0 Å². The van der Waals surface area contributed by atoms with Crippen LogP contribution in [-0.2, 0) is 9.53 Å². The minimum absolute atomic E-state index is 0.0282. The summed E-state index contributed by atoms with van der Waals surface area (Å²) in [6, 6.07) is -1.40. The molecule has 0 spiro atoms. The normalized spacial score (nSPS) is 22.5. The first-order chi connectivity index (χ1) is 7.95. The third-order valence-electron chi connectivity index (χ3n) is 2.90. The van der Waals surface area contributed by atoms with Crippen LogP contribution in [0.5, 0.6) is 0 Å². The molecule has 0 bridgehead atoms. The standard InChI is InChI=1S/C11H18F3NO2/c1-2-17-10(16)6-8-15-7-4-3-5-9(15)11(12,13)14/h9H,2-8H2,1H3. The molecule has 0 N–H and O–H groups in total. The second kappa shape index (κ2) is 6.23. The Hall–Kier alpha value is -0.780. The van der Waals surface area contributed by atoms with Gasteiger partial charge >= 0.3 is 12.1 Å². The van der Waals surface area contributed by atoms with E-state index in [4.69, 9.17) is 4.74 Å². The summed E-state index contributed by atoms with van der Waals surface area (Å²) >= 11 is 0. The van der Waals surface area contributed by atoms with Crippen molar-refractivity contribution in [2.75, 3.05) is 19.7 Å². The van der Waals surface area contributed by atoms with Crippen LogP contribution >= 0.6 is 0 Å². The van der Waals surface area contributed by atoms with Crippen molar-refractivity contribution in [3.8, 4) is 0 Å². The van der Waals surface area contributed by atoms with E-state index in [1.807, 2.05) is 0 Å². The fraction of sp³-hybridized carbons (Fsp3) is 0.909. The second-order valence-corrected chi connectivity index (χ2v) is 4.14. The average Bonchev–Trinajstić information content (AvgIpc) is 2.26. The topological polar surface area (TPSA) is 29.5 Å². The fourth-order valence-electron chi connectivity index (χ4n) is 2.10. The van der Waals surface area contributed by atoms with Crippen LogP contribution in [0.1, 0.15) is 32.6 Å². The first kappa shape index (κ1) is 14.3. The van der Waals surface area contributed by atoms with Crippen LogP contribution in [0.25, 0.3) is 0 Å². The number of hydrogen-bond donors (Lipinski definition) is 0. The van der Waals surface area contributed by atoms with E-state index in [9.17, 15) is 18.0 Å². The lowest BCUT2D eigenvalue weighted by molar-refractivity contribution is -0.192. The number of likely N-dealkylation sites (tertiary alicyclic amines) is 1. The number of carbonyl (C=O) groups excluding carboxylic acids is 1. The van der Waals surface area contributed by atoms with Crippen LogP contribution in [-0.4, -0.2) is 42.8 Å². The van der Waals surface area contributed by atoms with Crippen molar-refractivity contribution in [2.45, 2.75) is 44.8 Å². The average molecular weight is 253 g/mol. The van der Waals surface area contributed by atoms with Gasteiger partial charge in [-0.15, -0.1) is 0 Å². The van der Waals surface area contributed by atoms with Gasteiger partial charge in [0.1, 0.15) is 6.04 Å². The molecule has 1 saturated heterocycles. The molecular formula is C11H18F3NO2. The Bertz CT molecular complexity index is 256. The lowest BCUT2D eigenvalue weighted by Gasteiger charge is -2.36. The summed E-state index contributed by atoms with van der Waals surface area (Å²) in [5.74, 6) is -0.431. The van der Waals surface area contributed by atoms with Crippen LogP contribution in [0.2, 0.25) is 0 Å². The number of nitrogens with zero attached hydrogens (tertiary/aromatic N) is 1. The molecule has 6 heteroatoms. The summed E-state index contributed by atoms with van der Waals surface area (Å²) in [6.07, 6.45) is -2.68. The summed E-state index contributed by atoms with van der Waals surface area (Å²) in [5, 5.41) is 0. The summed E-state index contributed by atoms with van der Waals surface area (Å²) in [5.41, 5.74) is 0. The molecule has 1 heterocycles. The van der Waals surface area contributed by atoms with Crippen molar-refractivity contribution in [1.82, 2.24) is 4.90 Å². The van der Waals surface area contributed by atoms with Crippen molar-refractivity contribution in [2.24, 2.45) is 0 Å². The van der Waals surface area contributed by atoms with Gasteiger partial charge in [-0.2, -0.15) is 13.2 Å². The monoisotopic (exact) mass is 253 g/mol. The molecule has 3 nitrogen and oxygen atoms in total. The van der Waals surface area contributed by atoms with E-state index in [0.717, 1.165) is 6.42 Å². The van der Waals surface area contributed by atoms with E-state index in [0.29, 0.717) is 13.0 Å². The number of rotatable bonds is 4. The van der Waals surface area contributed by atoms with Gasteiger partial charge in [-0.25, -0.2) is 0 Å². The molecule has 0 aromatic carbocycles. The minimum Gasteiger partial charge on any atom is -0.466 e. The Balaban J connectivity index is 2.46. The molecule has 1 aliphatic heterocycles. The maximum absolute atomic E-state index is 12.7. The van der Waals surface area contributed by atoms with Crippen molar-refractivity contribution in [3.63, 3.8) is 0 Å². The van der Waals surface area contributed by atoms with E-state index in [-0.39, 0.29) is 26.0 Å².